The number of benzene rings is 3. The van der Waals surface area contributed by atoms with Gasteiger partial charge in [-0.3, -0.25) is 0 Å². The van der Waals surface area contributed by atoms with Crippen LogP contribution in [0.3, 0.4) is 0 Å². The SMILES string of the molecule is Cc1ccccc1C([N-]c1c(C)cccc1C(C)C)c1cccc(-c2[c-]cccc2)n1.[CH3-].[CH3-].[Hf+4]. The van der Waals surface area contributed by atoms with Crippen LogP contribution in [0.4, 0.5) is 5.69 Å². The zero-order valence-electron chi connectivity index (χ0n) is 21.1. The average Bonchev–Trinajstić information content (AvgIpc) is 2.79. The molecule has 0 amide bonds. The van der Waals surface area contributed by atoms with E-state index < -0.39 is 0 Å². The molecule has 0 bridgehead atoms. The third-order valence-electron chi connectivity index (χ3n) is 5.67. The summed E-state index contributed by atoms with van der Waals surface area (Å²) in [6, 6.07) is 32.2. The van der Waals surface area contributed by atoms with Crippen molar-refractivity contribution in [2.24, 2.45) is 0 Å². The predicted octanol–water partition coefficient (Wildman–Crippen LogP) is 8.98. The number of nitrogens with zero attached hydrogens (tertiary/aromatic N) is 2. The summed E-state index contributed by atoms with van der Waals surface area (Å²) in [6.07, 6.45) is 0. The Bertz CT molecular complexity index is 1170. The summed E-state index contributed by atoms with van der Waals surface area (Å²) >= 11 is 0. The molecule has 0 fully saturated rings. The van der Waals surface area contributed by atoms with E-state index in [2.05, 4.69) is 88.4 Å². The van der Waals surface area contributed by atoms with Gasteiger partial charge in [0.1, 0.15) is 0 Å². The van der Waals surface area contributed by atoms with Gasteiger partial charge in [0.15, 0.2) is 0 Å². The Morgan fingerprint density at radius 1 is 0.735 bits per heavy atom. The van der Waals surface area contributed by atoms with E-state index in [0.29, 0.717) is 5.92 Å². The van der Waals surface area contributed by atoms with E-state index in [1.54, 1.807) is 0 Å². The number of rotatable bonds is 6. The van der Waals surface area contributed by atoms with E-state index in [0.717, 1.165) is 22.6 Å². The first kappa shape index (κ1) is 29.5. The van der Waals surface area contributed by atoms with Crippen molar-refractivity contribution in [1.29, 1.82) is 0 Å². The van der Waals surface area contributed by atoms with Gasteiger partial charge in [-0.05, 0) is 43.1 Å². The molecule has 1 heterocycles. The van der Waals surface area contributed by atoms with Gasteiger partial charge in [0.2, 0.25) is 0 Å². The van der Waals surface area contributed by atoms with Gasteiger partial charge in [0.05, 0.1) is 0 Å². The van der Waals surface area contributed by atoms with Gasteiger partial charge in [0, 0.05) is 5.69 Å². The Kier molecular flexibility index (Phi) is 11.6. The molecule has 3 aromatic carbocycles. The van der Waals surface area contributed by atoms with Crippen LogP contribution < -0.4 is 0 Å². The number of para-hydroxylation sites is 1. The third kappa shape index (κ3) is 6.54. The fourth-order valence-corrected chi connectivity index (χ4v) is 3.95. The summed E-state index contributed by atoms with van der Waals surface area (Å²) in [7, 11) is 0. The summed E-state index contributed by atoms with van der Waals surface area (Å²) in [6.45, 7) is 8.73. The van der Waals surface area contributed by atoms with Gasteiger partial charge >= 0.3 is 25.8 Å². The van der Waals surface area contributed by atoms with Crippen molar-refractivity contribution in [2.45, 2.75) is 39.7 Å². The topological polar surface area (TPSA) is 27.0 Å². The molecule has 0 aliphatic carbocycles. The van der Waals surface area contributed by atoms with Crippen LogP contribution in [0.25, 0.3) is 16.6 Å². The molecule has 2 nitrogen and oxygen atoms in total. The van der Waals surface area contributed by atoms with Crippen molar-refractivity contribution in [1.82, 2.24) is 4.98 Å². The molecule has 1 atom stereocenters. The second-order valence-electron chi connectivity index (χ2n) is 8.28. The van der Waals surface area contributed by atoms with E-state index in [-0.39, 0.29) is 46.7 Å². The maximum Gasteiger partial charge on any atom is 4.00 e. The Balaban J connectivity index is 0.00000193. The van der Waals surface area contributed by atoms with Gasteiger partial charge in [-0.2, -0.15) is 0 Å². The van der Waals surface area contributed by atoms with E-state index in [1.165, 1.54) is 22.3 Å². The maximum absolute atomic E-state index is 5.34. The van der Waals surface area contributed by atoms with Gasteiger partial charge in [-0.25, -0.2) is 0 Å². The predicted molar refractivity (Wildman–Crippen MR) is 143 cm³/mol. The Hall–Kier alpha value is -2.52. The zero-order chi connectivity index (χ0) is 21.8. The summed E-state index contributed by atoms with van der Waals surface area (Å²) in [5.41, 5.74) is 8.79. The van der Waals surface area contributed by atoms with Crippen molar-refractivity contribution in [2.75, 3.05) is 0 Å². The molecule has 1 unspecified atom stereocenters. The number of aryl methyl sites for hydroxylation is 2. The number of pyridine rings is 1. The van der Waals surface area contributed by atoms with Gasteiger partial charge < -0.3 is 25.2 Å². The van der Waals surface area contributed by atoms with E-state index in [4.69, 9.17) is 10.3 Å². The van der Waals surface area contributed by atoms with E-state index in [9.17, 15) is 0 Å². The fraction of sp³-hybridized carbons (Fsp3) is 0.194. The minimum Gasteiger partial charge on any atom is -0.673 e. The second-order valence-corrected chi connectivity index (χ2v) is 8.28. The van der Waals surface area contributed by atoms with Gasteiger partial charge in [0.25, 0.3) is 0 Å². The Morgan fingerprint density at radius 3 is 2.06 bits per heavy atom. The standard InChI is InChI=1S/C29H28N2.2CH3.Hf/c1-20(2)24-17-10-13-22(4)28(24)31-29(25-16-9-8-12-21(25)3)27-19-11-18-26(30-27)23-14-6-5-7-15-23;;;/h5-14,16-20,29H,1-4H3;2*1H3;/q-2;2*-1;+4. The molecule has 0 aliphatic heterocycles. The van der Waals surface area contributed by atoms with Crippen molar-refractivity contribution in [3.63, 3.8) is 0 Å². The molecular formula is C31H34HfN2. The van der Waals surface area contributed by atoms with Crippen LogP contribution >= 0.6 is 0 Å². The van der Waals surface area contributed by atoms with Crippen molar-refractivity contribution in [3.8, 4) is 11.3 Å². The molecule has 0 saturated heterocycles. The molecular weight excluding hydrogens is 579 g/mol. The number of aromatic nitrogens is 1. The molecule has 0 N–H and O–H groups in total. The molecule has 0 spiro atoms. The first-order valence-electron chi connectivity index (χ1n) is 10.8. The largest absolute Gasteiger partial charge is 4.00 e. The van der Waals surface area contributed by atoms with E-state index >= 15 is 0 Å². The molecule has 3 heteroatoms. The van der Waals surface area contributed by atoms with Gasteiger partial charge in [-0.15, -0.1) is 41.6 Å². The third-order valence-corrected chi connectivity index (χ3v) is 5.67. The van der Waals surface area contributed by atoms with Crippen molar-refractivity contribution >= 4 is 5.69 Å². The quantitative estimate of drug-likeness (QED) is 0.158. The average molecular weight is 613 g/mol. The van der Waals surface area contributed by atoms with Crippen LogP contribution in [-0.2, 0) is 25.8 Å². The molecule has 0 saturated carbocycles. The fourth-order valence-electron chi connectivity index (χ4n) is 3.95. The maximum atomic E-state index is 5.34. The zero-order valence-corrected chi connectivity index (χ0v) is 24.7. The van der Waals surface area contributed by atoms with Crippen molar-refractivity contribution in [3.05, 3.63) is 139 Å². The molecule has 4 aromatic rings. The molecule has 34 heavy (non-hydrogen) atoms. The van der Waals surface area contributed by atoms with Crippen LogP contribution in [0, 0.1) is 34.8 Å². The summed E-state index contributed by atoms with van der Waals surface area (Å²) in [5.74, 6) is 0.398. The number of hydrogen-bond donors (Lipinski definition) is 0. The van der Waals surface area contributed by atoms with E-state index in [1.807, 2.05) is 30.3 Å². The minimum absolute atomic E-state index is 0. The smallest absolute Gasteiger partial charge is 0.673 e. The molecule has 1 aromatic heterocycles. The molecule has 4 rings (SSSR count). The van der Waals surface area contributed by atoms with Crippen molar-refractivity contribution < 1.29 is 25.8 Å². The second kappa shape index (κ2) is 13.4. The Morgan fingerprint density at radius 2 is 1.38 bits per heavy atom. The minimum atomic E-state index is -0.177. The van der Waals surface area contributed by atoms with Crippen LogP contribution in [-0.4, -0.2) is 4.98 Å². The van der Waals surface area contributed by atoms with Crippen LogP contribution in [0.2, 0.25) is 0 Å². The molecule has 172 valence electrons. The first-order chi connectivity index (χ1) is 15.0. The monoisotopic (exact) mass is 614 g/mol. The Labute approximate surface area is 225 Å². The van der Waals surface area contributed by atoms with Gasteiger partial charge in [-0.1, -0.05) is 85.1 Å². The molecule has 0 aliphatic rings. The first-order valence-corrected chi connectivity index (χ1v) is 10.8. The van der Waals surface area contributed by atoms with Crippen LogP contribution in [0.5, 0.6) is 0 Å². The molecule has 0 radical (unpaired) electrons. The summed E-state index contributed by atoms with van der Waals surface area (Å²) in [4.78, 5) is 5.04. The summed E-state index contributed by atoms with van der Waals surface area (Å²) < 4.78 is 0. The van der Waals surface area contributed by atoms with Crippen LogP contribution in [0.15, 0.2) is 84.9 Å². The van der Waals surface area contributed by atoms with Crippen LogP contribution in [0.1, 0.15) is 53.8 Å². The summed E-state index contributed by atoms with van der Waals surface area (Å²) in [5, 5.41) is 5.34. The number of hydrogen-bond acceptors (Lipinski definition) is 1. The normalized spacial score (nSPS) is 11.0.